The Balaban J connectivity index is 0.00000288. The van der Waals surface area contributed by atoms with Crippen LogP contribution in [0.1, 0.15) is 18.9 Å². The second-order valence-corrected chi connectivity index (χ2v) is 5.64. The number of oxime groups is 1. The van der Waals surface area contributed by atoms with Gasteiger partial charge in [0.25, 0.3) is 0 Å². The van der Waals surface area contributed by atoms with Crippen LogP contribution in [0, 0.1) is 5.92 Å². The van der Waals surface area contributed by atoms with Crippen molar-refractivity contribution < 1.29 is 30.1 Å². The molecule has 0 heterocycles. The Morgan fingerprint density at radius 3 is 2.29 bits per heavy atom. The van der Waals surface area contributed by atoms with Gasteiger partial charge in [-0.05, 0) is 23.1 Å². The van der Waals surface area contributed by atoms with Crippen molar-refractivity contribution in [1.29, 1.82) is 0 Å². The first-order valence-electron chi connectivity index (χ1n) is 7.62. The molecule has 24 heavy (non-hydrogen) atoms. The van der Waals surface area contributed by atoms with E-state index < -0.39 is 5.97 Å². The molecule has 4 nitrogen and oxygen atoms in total. The maximum atomic E-state index is 11.5. The molecule has 1 radical (unpaired) electrons. The standard InChI is InChI=1S/C19H21N2O2.Re/c1-14(19(22)23-21-2)12-18(20)13-15-8-10-17(11-9-15)16-6-4-3-5-7-16;/h3-11,14,18,20H,2,12-13H2,1H3;/q-1;/t14-,18+;/m1./s1. The average molecular weight is 496 g/mol. The summed E-state index contributed by atoms with van der Waals surface area (Å²) in [5, 5.41) is 3.13. The van der Waals surface area contributed by atoms with Crippen LogP contribution in [0.5, 0.6) is 0 Å². The zero-order chi connectivity index (χ0) is 16.7. The predicted octanol–water partition coefficient (Wildman–Crippen LogP) is 4.50. The van der Waals surface area contributed by atoms with Crippen molar-refractivity contribution in [3.63, 3.8) is 0 Å². The Morgan fingerprint density at radius 1 is 1.12 bits per heavy atom. The minimum atomic E-state index is -0.434. The second kappa shape index (κ2) is 10.1. The fourth-order valence-corrected chi connectivity index (χ4v) is 2.51. The Labute approximate surface area is 156 Å². The van der Waals surface area contributed by atoms with Crippen LogP contribution in [0.4, 0.5) is 0 Å². The van der Waals surface area contributed by atoms with E-state index in [1.165, 1.54) is 5.56 Å². The largest absolute Gasteiger partial charge is 0.674 e. The molecule has 0 saturated carbocycles. The van der Waals surface area contributed by atoms with Gasteiger partial charge in [0.05, 0.1) is 5.92 Å². The molecule has 0 bridgehead atoms. The molecule has 0 saturated heterocycles. The van der Waals surface area contributed by atoms with Crippen LogP contribution >= 0.6 is 0 Å². The molecule has 2 rings (SSSR count). The summed E-state index contributed by atoms with van der Waals surface area (Å²) in [4.78, 5) is 16.0. The molecule has 2 aromatic rings. The molecule has 0 aliphatic carbocycles. The van der Waals surface area contributed by atoms with Gasteiger partial charge in [-0.1, -0.05) is 73.1 Å². The molecule has 0 fully saturated rings. The zero-order valence-corrected chi connectivity index (χ0v) is 16.3. The fourth-order valence-electron chi connectivity index (χ4n) is 2.51. The molecule has 127 valence electrons. The number of benzene rings is 2. The summed E-state index contributed by atoms with van der Waals surface area (Å²) >= 11 is 0. The molecule has 0 amide bonds. The van der Waals surface area contributed by atoms with Gasteiger partial charge in [-0.25, -0.2) is 4.79 Å². The number of rotatable bonds is 7. The van der Waals surface area contributed by atoms with Crippen LogP contribution in [0.15, 0.2) is 59.8 Å². The number of nitrogens with one attached hydrogen (secondary N) is 1. The van der Waals surface area contributed by atoms with Crippen LogP contribution in [0.2, 0.25) is 0 Å². The molecular formula is C19H21N2O2Re-. The molecule has 0 aliphatic rings. The molecule has 0 aliphatic heterocycles. The van der Waals surface area contributed by atoms with E-state index in [4.69, 9.17) is 5.73 Å². The van der Waals surface area contributed by atoms with Crippen molar-refractivity contribution in [2.75, 3.05) is 0 Å². The normalized spacial score (nSPS) is 12.6. The van der Waals surface area contributed by atoms with E-state index in [-0.39, 0.29) is 32.4 Å². The quantitative estimate of drug-likeness (QED) is 0.323. The molecule has 0 unspecified atom stereocenters. The maximum Gasteiger partial charge on any atom is 0.337 e. The van der Waals surface area contributed by atoms with Crippen molar-refractivity contribution in [2.24, 2.45) is 11.1 Å². The number of hydrogen-bond donors (Lipinski definition) is 0. The van der Waals surface area contributed by atoms with Crippen LogP contribution in [-0.4, -0.2) is 18.7 Å². The van der Waals surface area contributed by atoms with Crippen LogP contribution in [0.3, 0.4) is 0 Å². The van der Waals surface area contributed by atoms with E-state index in [0.717, 1.165) is 11.1 Å². The Morgan fingerprint density at radius 2 is 1.71 bits per heavy atom. The summed E-state index contributed by atoms with van der Waals surface area (Å²) in [5.74, 6) is -0.789. The molecule has 0 spiro atoms. The molecular weight excluding hydrogens is 474 g/mol. The third-order valence-electron chi connectivity index (χ3n) is 3.74. The van der Waals surface area contributed by atoms with Crippen molar-refractivity contribution in [3.05, 3.63) is 65.9 Å². The minimum Gasteiger partial charge on any atom is -0.674 e. The van der Waals surface area contributed by atoms with E-state index in [0.29, 0.717) is 12.8 Å². The maximum absolute atomic E-state index is 11.5. The third kappa shape index (κ3) is 6.01. The number of hydrogen-bond acceptors (Lipinski definition) is 3. The van der Waals surface area contributed by atoms with E-state index in [2.05, 4.69) is 41.0 Å². The molecule has 2 atom stereocenters. The van der Waals surface area contributed by atoms with Crippen molar-refractivity contribution in [3.8, 4) is 11.1 Å². The molecule has 5 heteroatoms. The first-order chi connectivity index (χ1) is 11.1. The summed E-state index contributed by atoms with van der Waals surface area (Å²) in [6.07, 6.45) is 1.04. The van der Waals surface area contributed by atoms with Gasteiger partial charge in [0.1, 0.15) is 0 Å². The van der Waals surface area contributed by atoms with Crippen molar-refractivity contribution in [2.45, 2.75) is 25.8 Å². The Bertz CT molecular complexity index is 644. The summed E-state index contributed by atoms with van der Waals surface area (Å²) in [6.45, 7) is 4.87. The van der Waals surface area contributed by atoms with E-state index in [9.17, 15) is 4.79 Å². The topological polar surface area (TPSA) is 62.5 Å². The van der Waals surface area contributed by atoms with E-state index in [1.807, 2.05) is 30.3 Å². The number of carbonyl (C=O) groups excluding carboxylic acids is 1. The van der Waals surface area contributed by atoms with Crippen LogP contribution in [-0.2, 0) is 36.5 Å². The van der Waals surface area contributed by atoms with Crippen LogP contribution in [0.25, 0.3) is 16.9 Å². The van der Waals surface area contributed by atoms with Gasteiger partial charge in [-0.15, -0.1) is 6.04 Å². The van der Waals surface area contributed by atoms with Gasteiger partial charge in [-0.3, -0.25) is 0 Å². The van der Waals surface area contributed by atoms with E-state index in [1.54, 1.807) is 6.92 Å². The number of carbonyl (C=O) groups is 1. The van der Waals surface area contributed by atoms with Crippen LogP contribution < -0.4 is 0 Å². The summed E-state index contributed by atoms with van der Waals surface area (Å²) < 4.78 is 0. The summed E-state index contributed by atoms with van der Waals surface area (Å²) in [7, 11) is 0. The van der Waals surface area contributed by atoms with Gasteiger partial charge in [-0.2, -0.15) is 0 Å². The zero-order valence-electron chi connectivity index (χ0n) is 13.6. The van der Waals surface area contributed by atoms with Gasteiger partial charge in [0.2, 0.25) is 0 Å². The van der Waals surface area contributed by atoms with Gasteiger partial charge < -0.3 is 10.6 Å². The van der Waals surface area contributed by atoms with Gasteiger partial charge in [0, 0.05) is 27.1 Å². The second-order valence-electron chi connectivity index (χ2n) is 5.64. The van der Waals surface area contributed by atoms with Gasteiger partial charge >= 0.3 is 5.97 Å². The van der Waals surface area contributed by atoms with E-state index >= 15 is 0 Å². The van der Waals surface area contributed by atoms with Crippen molar-refractivity contribution in [1.82, 2.24) is 0 Å². The fraction of sp³-hybridized carbons (Fsp3) is 0.263. The third-order valence-corrected chi connectivity index (χ3v) is 3.74. The minimum absolute atomic E-state index is 0. The average Bonchev–Trinajstić information content (AvgIpc) is 2.56. The monoisotopic (exact) mass is 496 g/mol. The molecule has 1 N–H and O–H groups in total. The first kappa shape index (κ1) is 20.2. The first-order valence-corrected chi connectivity index (χ1v) is 7.62. The SMILES string of the molecule is C=NOC(=O)[C@H](C)C[C@H]([NH-])Cc1ccc(-c2ccccc2)cc1.[Re]. The predicted molar refractivity (Wildman–Crippen MR) is 93.1 cm³/mol. The summed E-state index contributed by atoms with van der Waals surface area (Å²) in [5.41, 5.74) is 11.6. The number of nitrogens with zero attached hydrogens (tertiary/aromatic N) is 1. The summed E-state index contributed by atoms with van der Waals surface area (Å²) in [6, 6.07) is 18.0. The smallest absolute Gasteiger partial charge is 0.337 e. The Hall–Kier alpha value is -1.80. The van der Waals surface area contributed by atoms with Crippen molar-refractivity contribution >= 4 is 12.7 Å². The van der Waals surface area contributed by atoms with Gasteiger partial charge in [0.15, 0.2) is 0 Å². The molecule has 2 aromatic carbocycles. The Kier molecular flexibility index (Phi) is 8.56. The molecule has 0 aromatic heterocycles.